The predicted octanol–water partition coefficient (Wildman–Crippen LogP) is 2.61. The molecule has 3 rings (SSSR count). The van der Waals surface area contributed by atoms with E-state index < -0.39 is 22.3 Å². The number of carbonyl (C=O) groups is 1. The third-order valence-electron chi connectivity index (χ3n) is 3.28. The molecule has 0 aliphatic heterocycles. The van der Waals surface area contributed by atoms with E-state index in [-0.39, 0.29) is 17.3 Å². The lowest BCUT2D eigenvalue weighted by molar-refractivity contribution is -0.385. The molecule has 25 heavy (non-hydrogen) atoms. The molecule has 0 aliphatic carbocycles. The van der Waals surface area contributed by atoms with E-state index in [1.807, 2.05) is 0 Å². The van der Waals surface area contributed by atoms with Crippen LogP contribution in [0.3, 0.4) is 0 Å². The SMILES string of the molecule is O=C(Nc1cnn(Cc2ccc(F)cc2Cl)c1)c1[nH]ncc1[N+](=O)[O-]. The summed E-state index contributed by atoms with van der Waals surface area (Å²) in [6.45, 7) is 0.263. The van der Waals surface area contributed by atoms with E-state index in [9.17, 15) is 19.3 Å². The van der Waals surface area contributed by atoms with Crippen LogP contribution in [0, 0.1) is 15.9 Å². The first-order valence-electron chi connectivity index (χ1n) is 6.89. The predicted molar refractivity (Wildman–Crippen MR) is 85.9 cm³/mol. The quantitative estimate of drug-likeness (QED) is 0.532. The Morgan fingerprint density at radius 2 is 2.24 bits per heavy atom. The number of H-pyrrole nitrogens is 1. The number of nitrogens with one attached hydrogen (secondary N) is 2. The van der Waals surface area contributed by atoms with Crippen molar-refractivity contribution in [1.29, 1.82) is 0 Å². The second kappa shape index (κ2) is 6.69. The minimum Gasteiger partial charge on any atom is -0.318 e. The maximum atomic E-state index is 13.0. The number of anilines is 1. The van der Waals surface area contributed by atoms with Gasteiger partial charge in [0.1, 0.15) is 12.0 Å². The summed E-state index contributed by atoms with van der Waals surface area (Å²) in [5.74, 6) is -1.16. The lowest BCUT2D eigenvalue weighted by atomic mass is 10.2. The molecule has 0 bridgehead atoms. The summed E-state index contributed by atoms with van der Waals surface area (Å²) in [6.07, 6.45) is 3.84. The smallest absolute Gasteiger partial charge is 0.318 e. The number of aromatic amines is 1. The van der Waals surface area contributed by atoms with Crippen molar-refractivity contribution < 1.29 is 14.1 Å². The van der Waals surface area contributed by atoms with E-state index in [4.69, 9.17) is 11.6 Å². The molecule has 0 saturated carbocycles. The molecular weight excluding hydrogens is 355 g/mol. The number of nitro groups is 1. The first kappa shape index (κ1) is 16.6. The van der Waals surface area contributed by atoms with Gasteiger partial charge in [-0.2, -0.15) is 10.2 Å². The van der Waals surface area contributed by atoms with E-state index >= 15 is 0 Å². The van der Waals surface area contributed by atoms with Crippen LogP contribution in [0.5, 0.6) is 0 Å². The van der Waals surface area contributed by atoms with Crippen molar-refractivity contribution in [3.63, 3.8) is 0 Å². The van der Waals surface area contributed by atoms with Gasteiger partial charge in [0.2, 0.25) is 5.69 Å². The van der Waals surface area contributed by atoms with Crippen LogP contribution in [0.25, 0.3) is 0 Å². The third-order valence-corrected chi connectivity index (χ3v) is 3.63. The van der Waals surface area contributed by atoms with Crippen LogP contribution in [-0.2, 0) is 6.54 Å². The van der Waals surface area contributed by atoms with Crippen LogP contribution < -0.4 is 5.32 Å². The number of rotatable bonds is 5. The maximum absolute atomic E-state index is 13.0. The number of nitrogens with zero attached hydrogens (tertiary/aromatic N) is 4. The van der Waals surface area contributed by atoms with Gasteiger partial charge in [0.05, 0.1) is 23.4 Å². The molecule has 0 fully saturated rings. The standard InChI is InChI=1S/C14H10ClFN6O3/c15-11-3-9(16)2-1-8(11)6-21-7-10(4-18-21)19-14(23)13-12(22(24)25)5-17-20-13/h1-5,7H,6H2,(H,17,20)(H,19,23). The first-order valence-corrected chi connectivity index (χ1v) is 7.27. The molecule has 1 amide bonds. The van der Waals surface area contributed by atoms with E-state index in [0.717, 1.165) is 6.20 Å². The molecule has 128 valence electrons. The topological polar surface area (TPSA) is 119 Å². The summed E-state index contributed by atoms with van der Waals surface area (Å²) in [7, 11) is 0. The van der Waals surface area contributed by atoms with Gasteiger partial charge in [-0.15, -0.1) is 0 Å². The largest absolute Gasteiger partial charge is 0.319 e. The normalized spacial score (nSPS) is 10.6. The average Bonchev–Trinajstić information content (AvgIpc) is 3.19. The van der Waals surface area contributed by atoms with Crippen molar-refractivity contribution >= 4 is 28.9 Å². The van der Waals surface area contributed by atoms with Gasteiger partial charge in [0.15, 0.2) is 0 Å². The van der Waals surface area contributed by atoms with Crippen molar-refractivity contribution in [2.24, 2.45) is 0 Å². The first-order chi connectivity index (χ1) is 11.9. The highest BCUT2D eigenvalue weighted by atomic mass is 35.5. The van der Waals surface area contributed by atoms with Gasteiger partial charge in [0.25, 0.3) is 5.91 Å². The van der Waals surface area contributed by atoms with Gasteiger partial charge in [0, 0.05) is 11.2 Å². The van der Waals surface area contributed by atoms with Gasteiger partial charge in [-0.3, -0.25) is 24.7 Å². The molecule has 2 N–H and O–H groups in total. The summed E-state index contributed by atoms with van der Waals surface area (Å²) in [4.78, 5) is 22.2. The van der Waals surface area contributed by atoms with Crippen LogP contribution in [-0.4, -0.2) is 30.8 Å². The highest BCUT2D eigenvalue weighted by molar-refractivity contribution is 6.31. The highest BCUT2D eigenvalue weighted by Gasteiger charge is 2.23. The molecule has 3 aromatic rings. The number of hydrogen-bond donors (Lipinski definition) is 2. The lowest BCUT2D eigenvalue weighted by Crippen LogP contribution is -2.13. The van der Waals surface area contributed by atoms with Crippen molar-refractivity contribution in [3.8, 4) is 0 Å². The number of aromatic nitrogens is 4. The Hall–Kier alpha value is -3.27. The molecule has 0 spiro atoms. The van der Waals surface area contributed by atoms with Crippen LogP contribution in [0.15, 0.2) is 36.8 Å². The second-order valence-electron chi connectivity index (χ2n) is 5.00. The van der Waals surface area contributed by atoms with Crippen molar-refractivity contribution in [3.05, 3.63) is 69.0 Å². The Kier molecular flexibility index (Phi) is 4.44. The van der Waals surface area contributed by atoms with Crippen molar-refractivity contribution in [2.45, 2.75) is 6.54 Å². The van der Waals surface area contributed by atoms with Crippen LogP contribution in [0.2, 0.25) is 5.02 Å². The minimum absolute atomic E-state index is 0.258. The van der Waals surface area contributed by atoms with Gasteiger partial charge in [-0.25, -0.2) is 4.39 Å². The number of amides is 1. The Balaban J connectivity index is 1.72. The Morgan fingerprint density at radius 3 is 2.96 bits per heavy atom. The van der Waals surface area contributed by atoms with Crippen molar-refractivity contribution in [2.75, 3.05) is 5.32 Å². The molecule has 0 unspecified atom stereocenters. The van der Waals surface area contributed by atoms with Crippen molar-refractivity contribution in [1.82, 2.24) is 20.0 Å². The third kappa shape index (κ3) is 3.63. The molecule has 11 heteroatoms. The Bertz CT molecular complexity index is 954. The van der Waals surface area contributed by atoms with Crippen LogP contribution in [0.4, 0.5) is 15.8 Å². The molecule has 0 atom stereocenters. The Morgan fingerprint density at radius 1 is 1.44 bits per heavy atom. The average molecular weight is 365 g/mol. The summed E-state index contributed by atoms with van der Waals surface area (Å²) in [5, 5.41) is 23.4. The van der Waals surface area contributed by atoms with E-state index in [2.05, 4.69) is 20.6 Å². The minimum atomic E-state index is -0.719. The molecule has 1 aromatic carbocycles. The zero-order valence-electron chi connectivity index (χ0n) is 12.4. The monoisotopic (exact) mass is 364 g/mol. The number of benzene rings is 1. The summed E-state index contributed by atoms with van der Waals surface area (Å²) >= 11 is 5.96. The molecular formula is C14H10ClFN6O3. The second-order valence-corrected chi connectivity index (χ2v) is 5.41. The van der Waals surface area contributed by atoms with E-state index in [1.165, 1.54) is 35.3 Å². The van der Waals surface area contributed by atoms with Gasteiger partial charge in [-0.1, -0.05) is 17.7 Å². The van der Waals surface area contributed by atoms with E-state index in [1.54, 1.807) is 0 Å². The summed E-state index contributed by atoms with van der Waals surface area (Å²) in [5.41, 5.74) is 0.280. The molecule has 2 aromatic heterocycles. The molecule has 9 nitrogen and oxygen atoms in total. The lowest BCUT2D eigenvalue weighted by Gasteiger charge is -2.04. The maximum Gasteiger partial charge on any atom is 0.319 e. The molecule has 2 heterocycles. The number of halogens is 2. The number of carbonyl (C=O) groups excluding carboxylic acids is 1. The Labute approximate surface area is 144 Å². The fraction of sp³-hybridized carbons (Fsp3) is 0.0714. The summed E-state index contributed by atoms with van der Waals surface area (Å²) < 4.78 is 14.5. The van der Waals surface area contributed by atoms with E-state index in [0.29, 0.717) is 11.3 Å². The fourth-order valence-electron chi connectivity index (χ4n) is 2.12. The van der Waals surface area contributed by atoms with Gasteiger partial charge in [-0.05, 0) is 17.7 Å². The zero-order chi connectivity index (χ0) is 18.0. The molecule has 0 aliphatic rings. The number of hydrogen-bond acceptors (Lipinski definition) is 5. The van der Waals surface area contributed by atoms with Gasteiger partial charge < -0.3 is 5.32 Å². The molecule has 0 radical (unpaired) electrons. The summed E-state index contributed by atoms with van der Waals surface area (Å²) in [6, 6.07) is 4.01. The van der Waals surface area contributed by atoms with Gasteiger partial charge >= 0.3 is 5.69 Å². The molecule has 0 saturated heterocycles. The fourth-order valence-corrected chi connectivity index (χ4v) is 2.34. The van der Waals surface area contributed by atoms with Crippen LogP contribution >= 0.6 is 11.6 Å². The zero-order valence-corrected chi connectivity index (χ0v) is 13.2. The van der Waals surface area contributed by atoms with Crippen LogP contribution in [0.1, 0.15) is 16.1 Å². The highest BCUT2D eigenvalue weighted by Crippen LogP contribution is 2.20.